The predicted molar refractivity (Wildman–Crippen MR) is 81.1 cm³/mol. The summed E-state index contributed by atoms with van der Waals surface area (Å²) < 4.78 is 15.3. The monoisotopic (exact) mass is 344 g/mol. The molecule has 0 unspecified atom stereocenters. The summed E-state index contributed by atoms with van der Waals surface area (Å²) in [6, 6.07) is 13.9. The summed E-state index contributed by atoms with van der Waals surface area (Å²) in [7, 11) is 0. The van der Waals surface area contributed by atoms with Crippen LogP contribution in [0.3, 0.4) is 0 Å². The molecule has 3 rings (SSSR count). The Bertz CT molecular complexity index is 799. The molecule has 0 spiro atoms. The Morgan fingerprint density at radius 3 is 2.62 bits per heavy atom. The minimum atomic E-state index is -0.462. The van der Waals surface area contributed by atoms with Crippen LogP contribution in [0.15, 0.2) is 65.4 Å². The van der Waals surface area contributed by atoms with E-state index in [9.17, 15) is 9.18 Å². The summed E-state index contributed by atoms with van der Waals surface area (Å²) in [5.74, 6) is -0.736. The average molecular weight is 345 g/mol. The second-order valence-corrected chi connectivity index (χ2v) is 5.23. The van der Waals surface area contributed by atoms with Gasteiger partial charge in [0.15, 0.2) is 5.78 Å². The van der Waals surface area contributed by atoms with Gasteiger partial charge in [0.25, 0.3) is 0 Å². The standard InChI is InChI=1S/C16H10BrFN2O/c17-15-13(7-4-8-14(15)18)16(21)11-9-19-20(10-11)12-5-2-1-3-6-12/h1-10H. The van der Waals surface area contributed by atoms with Crippen LogP contribution in [-0.2, 0) is 0 Å². The first-order valence-electron chi connectivity index (χ1n) is 6.25. The molecule has 0 radical (unpaired) electrons. The largest absolute Gasteiger partial charge is 0.288 e. The number of aromatic nitrogens is 2. The fourth-order valence-corrected chi connectivity index (χ4v) is 2.44. The van der Waals surface area contributed by atoms with E-state index in [2.05, 4.69) is 21.0 Å². The van der Waals surface area contributed by atoms with Crippen LogP contribution in [0.4, 0.5) is 4.39 Å². The van der Waals surface area contributed by atoms with Crippen LogP contribution in [0, 0.1) is 5.82 Å². The van der Waals surface area contributed by atoms with Crippen LogP contribution in [0.2, 0.25) is 0 Å². The first-order valence-corrected chi connectivity index (χ1v) is 7.05. The number of hydrogen-bond donors (Lipinski definition) is 0. The lowest BCUT2D eigenvalue weighted by atomic mass is 10.1. The Morgan fingerprint density at radius 2 is 1.86 bits per heavy atom. The third-order valence-corrected chi connectivity index (χ3v) is 3.87. The van der Waals surface area contributed by atoms with Gasteiger partial charge in [0, 0.05) is 11.8 Å². The van der Waals surface area contributed by atoms with Crippen molar-refractivity contribution in [1.29, 1.82) is 0 Å². The van der Waals surface area contributed by atoms with Gasteiger partial charge in [-0.2, -0.15) is 5.10 Å². The maximum absolute atomic E-state index is 13.5. The quantitative estimate of drug-likeness (QED) is 0.673. The number of halogens is 2. The zero-order valence-corrected chi connectivity index (χ0v) is 12.4. The molecule has 104 valence electrons. The summed E-state index contributed by atoms with van der Waals surface area (Å²) in [6.45, 7) is 0. The number of ketones is 1. The topological polar surface area (TPSA) is 34.9 Å². The van der Waals surface area contributed by atoms with Crippen LogP contribution < -0.4 is 0 Å². The second kappa shape index (κ2) is 5.61. The van der Waals surface area contributed by atoms with Gasteiger partial charge in [-0.15, -0.1) is 0 Å². The van der Waals surface area contributed by atoms with E-state index in [1.165, 1.54) is 18.3 Å². The van der Waals surface area contributed by atoms with Crippen LogP contribution in [0.1, 0.15) is 15.9 Å². The van der Waals surface area contributed by atoms with Gasteiger partial charge in [-0.05, 0) is 40.2 Å². The molecule has 0 bridgehead atoms. The molecule has 3 nitrogen and oxygen atoms in total. The van der Waals surface area contributed by atoms with E-state index >= 15 is 0 Å². The molecule has 0 aliphatic carbocycles. The van der Waals surface area contributed by atoms with Crippen LogP contribution in [-0.4, -0.2) is 15.6 Å². The normalized spacial score (nSPS) is 10.6. The van der Waals surface area contributed by atoms with Gasteiger partial charge in [0.05, 0.1) is 21.9 Å². The fraction of sp³-hybridized carbons (Fsp3) is 0. The number of carbonyl (C=O) groups excluding carboxylic acids is 1. The molecule has 1 heterocycles. The van der Waals surface area contributed by atoms with Gasteiger partial charge in [-0.3, -0.25) is 4.79 Å². The molecule has 0 aliphatic heterocycles. The number of nitrogens with zero attached hydrogens (tertiary/aromatic N) is 2. The van der Waals surface area contributed by atoms with Crippen molar-refractivity contribution in [3.8, 4) is 5.69 Å². The fourth-order valence-electron chi connectivity index (χ4n) is 2.00. The summed E-state index contributed by atoms with van der Waals surface area (Å²) in [4.78, 5) is 12.4. The van der Waals surface area contributed by atoms with Crippen molar-refractivity contribution in [3.05, 3.63) is 82.3 Å². The maximum atomic E-state index is 13.5. The summed E-state index contributed by atoms with van der Waals surface area (Å²) in [5, 5.41) is 4.17. The molecule has 0 saturated carbocycles. The molecule has 1 aromatic heterocycles. The third kappa shape index (κ3) is 2.64. The van der Waals surface area contributed by atoms with Crippen LogP contribution >= 0.6 is 15.9 Å². The second-order valence-electron chi connectivity index (χ2n) is 4.44. The van der Waals surface area contributed by atoms with E-state index in [0.29, 0.717) is 5.56 Å². The Balaban J connectivity index is 1.97. The molecule has 5 heteroatoms. The molecular formula is C16H10BrFN2O. The van der Waals surface area contributed by atoms with Crippen molar-refractivity contribution in [2.75, 3.05) is 0 Å². The van der Waals surface area contributed by atoms with Gasteiger partial charge in [0.2, 0.25) is 0 Å². The lowest BCUT2D eigenvalue weighted by Gasteiger charge is -2.02. The highest BCUT2D eigenvalue weighted by Crippen LogP contribution is 2.23. The van der Waals surface area contributed by atoms with E-state index in [1.807, 2.05) is 30.3 Å². The van der Waals surface area contributed by atoms with Crippen LogP contribution in [0.5, 0.6) is 0 Å². The highest BCUT2D eigenvalue weighted by molar-refractivity contribution is 9.10. The Labute approximate surface area is 129 Å². The molecular weight excluding hydrogens is 335 g/mol. The van der Waals surface area contributed by atoms with Gasteiger partial charge in [-0.25, -0.2) is 9.07 Å². The van der Waals surface area contributed by atoms with E-state index in [4.69, 9.17) is 0 Å². The number of benzene rings is 2. The third-order valence-electron chi connectivity index (χ3n) is 3.06. The molecule has 0 aliphatic rings. The van der Waals surface area contributed by atoms with Crippen molar-refractivity contribution in [2.24, 2.45) is 0 Å². The zero-order chi connectivity index (χ0) is 14.8. The van der Waals surface area contributed by atoms with Crippen molar-refractivity contribution in [2.45, 2.75) is 0 Å². The number of hydrogen-bond acceptors (Lipinski definition) is 2. The molecule has 0 atom stereocenters. The zero-order valence-electron chi connectivity index (χ0n) is 10.8. The van der Waals surface area contributed by atoms with Crippen molar-refractivity contribution in [3.63, 3.8) is 0 Å². The van der Waals surface area contributed by atoms with Crippen LogP contribution in [0.25, 0.3) is 5.69 Å². The molecule has 21 heavy (non-hydrogen) atoms. The molecule has 0 saturated heterocycles. The Kier molecular flexibility index (Phi) is 3.66. The molecule has 3 aromatic rings. The number of carbonyl (C=O) groups is 1. The van der Waals surface area contributed by atoms with Crippen molar-refractivity contribution in [1.82, 2.24) is 9.78 Å². The predicted octanol–water partition coefficient (Wildman–Crippen LogP) is 4.00. The van der Waals surface area contributed by atoms with E-state index < -0.39 is 5.82 Å². The first-order chi connectivity index (χ1) is 10.2. The molecule has 2 aromatic carbocycles. The lowest BCUT2D eigenvalue weighted by molar-refractivity contribution is 0.103. The van der Waals surface area contributed by atoms with Crippen molar-refractivity contribution >= 4 is 21.7 Å². The Hall–Kier alpha value is -2.27. The lowest BCUT2D eigenvalue weighted by Crippen LogP contribution is -2.02. The average Bonchev–Trinajstić information content (AvgIpc) is 3.00. The minimum absolute atomic E-state index is 0.169. The maximum Gasteiger partial charge on any atom is 0.197 e. The van der Waals surface area contributed by atoms with E-state index in [1.54, 1.807) is 16.9 Å². The van der Waals surface area contributed by atoms with E-state index in [0.717, 1.165) is 5.69 Å². The molecule has 0 fully saturated rings. The number of para-hydroxylation sites is 1. The summed E-state index contributed by atoms with van der Waals surface area (Å²) in [5.41, 5.74) is 1.54. The Morgan fingerprint density at radius 1 is 1.10 bits per heavy atom. The SMILES string of the molecule is O=C(c1cnn(-c2ccccc2)c1)c1cccc(F)c1Br. The van der Waals surface area contributed by atoms with Gasteiger partial charge in [0.1, 0.15) is 5.82 Å². The minimum Gasteiger partial charge on any atom is -0.288 e. The first kappa shape index (κ1) is 13.7. The summed E-state index contributed by atoms with van der Waals surface area (Å²) in [6.07, 6.45) is 3.11. The van der Waals surface area contributed by atoms with Crippen molar-refractivity contribution < 1.29 is 9.18 Å². The highest BCUT2D eigenvalue weighted by atomic mass is 79.9. The molecule has 0 N–H and O–H groups in total. The van der Waals surface area contributed by atoms with Gasteiger partial charge >= 0.3 is 0 Å². The summed E-state index contributed by atoms with van der Waals surface area (Å²) >= 11 is 3.11. The van der Waals surface area contributed by atoms with Gasteiger partial charge in [-0.1, -0.05) is 24.3 Å². The van der Waals surface area contributed by atoms with Gasteiger partial charge < -0.3 is 0 Å². The smallest absolute Gasteiger partial charge is 0.197 e. The molecule has 0 amide bonds. The highest BCUT2D eigenvalue weighted by Gasteiger charge is 2.16. The van der Waals surface area contributed by atoms with E-state index in [-0.39, 0.29) is 15.8 Å². The number of rotatable bonds is 3.